The van der Waals surface area contributed by atoms with Crippen molar-refractivity contribution in [3.05, 3.63) is 29.8 Å². The highest BCUT2D eigenvalue weighted by atomic mass is 35.5. The Morgan fingerprint density at radius 2 is 1.83 bits per heavy atom. The molecular weight excluding hydrogens is 337 g/mol. The van der Waals surface area contributed by atoms with Crippen molar-refractivity contribution in [2.75, 3.05) is 43.9 Å². The molecule has 0 radical (unpaired) electrons. The first-order valence-corrected chi connectivity index (χ1v) is 8.11. The van der Waals surface area contributed by atoms with Gasteiger partial charge >= 0.3 is 0 Å². The Balaban J connectivity index is 0.00000264. The van der Waals surface area contributed by atoms with Gasteiger partial charge in [-0.2, -0.15) is 0 Å². The van der Waals surface area contributed by atoms with Crippen LogP contribution in [0.5, 0.6) is 0 Å². The average molecular weight is 359 g/mol. The molecular formula is C16H22Cl2N3O2-. The van der Waals surface area contributed by atoms with Crippen molar-refractivity contribution < 1.29 is 22.0 Å². The highest BCUT2D eigenvalue weighted by Gasteiger charge is 2.21. The molecule has 5 nitrogen and oxygen atoms in total. The summed E-state index contributed by atoms with van der Waals surface area (Å²) in [5.41, 5.74) is 2.01. The Kier molecular flexibility index (Phi) is 8.37. The fourth-order valence-electron chi connectivity index (χ4n) is 2.58. The third-order valence-electron chi connectivity index (χ3n) is 3.88. The maximum absolute atomic E-state index is 12.2. The van der Waals surface area contributed by atoms with Gasteiger partial charge in [0.1, 0.15) is 5.88 Å². The first-order chi connectivity index (χ1) is 10.6. The molecule has 0 spiro atoms. The summed E-state index contributed by atoms with van der Waals surface area (Å²) in [5, 5.41) is 2.97. The number of halogens is 2. The molecule has 1 fully saturated rings. The lowest BCUT2D eigenvalue weighted by atomic mass is 10.1. The lowest BCUT2D eigenvalue weighted by Crippen LogP contribution is -3.00. The molecule has 2 rings (SSSR count). The summed E-state index contributed by atoms with van der Waals surface area (Å²) in [6.07, 6.45) is 0.885. The van der Waals surface area contributed by atoms with Gasteiger partial charge in [-0.3, -0.25) is 14.5 Å². The standard InChI is InChI=1S/C16H22ClN3O2.ClH/c1-2-13-5-3-4-6-14(13)18-15(21)12-19-7-9-20(10-8-19)16(22)11-17;/h3-6H,2,7-12H2,1H3,(H,18,21);1H/p-1. The largest absolute Gasteiger partial charge is 1.00 e. The van der Waals surface area contributed by atoms with Crippen molar-refractivity contribution in [1.29, 1.82) is 0 Å². The molecule has 7 heteroatoms. The van der Waals surface area contributed by atoms with E-state index in [0.29, 0.717) is 32.7 Å². The Morgan fingerprint density at radius 3 is 2.43 bits per heavy atom. The molecule has 0 aromatic heterocycles. The number of nitrogens with one attached hydrogen (secondary N) is 1. The highest BCUT2D eigenvalue weighted by Crippen LogP contribution is 2.15. The summed E-state index contributed by atoms with van der Waals surface area (Å²) in [5.74, 6) is -0.0328. The summed E-state index contributed by atoms with van der Waals surface area (Å²) in [7, 11) is 0. The van der Waals surface area contributed by atoms with Gasteiger partial charge in [-0.1, -0.05) is 25.1 Å². The summed E-state index contributed by atoms with van der Waals surface area (Å²) in [6, 6.07) is 7.84. The number of benzene rings is 1. The Labute approximate surface area is 148 Å². The topological polar surface area (TPSA) is 52.7 Å². The van der Waals surface area contributed by atoms with Gasteiger partial charge in [0.15, 0.2) is 0 Å². The van der Waals surface area contributed by atoms with Crippen LogP contribution in [0.2, 0.25) is 0 Å². The number of rotatable bonds is 5. The monoisotopic (exact) mass is 358 g/mol. The number of alkyl halides is 1. The van der Waals surface area contributed by atoms with E-state index in [0.717, 1.165) is 17.7 Å². The Hall–Kier alpha value is -1.30. The summed E-state index contributed by atoms with van der Waals surface area (Å²) >= 11 is 5.56. The summed E-state index contributed by atoms with van der Waals surface area (Å²) in [4.78, 5) is 27.5. The van der Waals surface area contributed by atoms with E-state index in [1.54, 1.807) is 4.90 Å². The van der Waals surface area contributed by atoms with E-state index in [1.807, 2.05) is 24.3 Å². The molecule has 1 aliphatic rings. The number of piperazine rings is 1. The average Bonchev–Trinajstić information content (AvgIpc) is 2.55. The lowest BCUT2D eigenvalue weighted by Gasteiger charge is -2.34. The molecule has 0 unspecified atom stereocenters. The van der Waals surface area contributed by atoms with Gasteiger partial charge in [-0.25, -0.2) is 0 Å². The number of hydrogen-bond donors (Lipinski definition) is 1. The number of amides is 2. The van der Waals surface area contributed by atoms with Crippen LogP contribution in [0.25, 0.3) is 0 Å². The molecule has 0 atom stereocenters. The molecule has 0 bridgehead atoms. The van der Waals surface area contributed by atoms with Crippen molar-refractivity contribution in [2.24, 2.45) is 0 Å². The van der Waals surface area contributed by atoms with Crippen LogP contribution in [0.3, 0.4) is 0 Å². The first kappa shape index (κ1) is 19.7. The van der Waals surface area contributed by atoms with Gasteiger partial charge < -0.3 is 22.6 Å². The highest BCUT2D eigenvalue weighted by molar-refractivity contribution is 6.27. The van der Waals surface area contributed by atoms with Gasteiger partial charge in [0.05, 0.1) is 6.54 Å². The number of anilines is 1. The van der Waals surface area contributed by atoms with E-state index in [2.05, 4.69) is 17.1 Å². The number of aryl methyl sites for hydroxylation is 1. The fourth-order valence-corrected chi connectivity index (χ4v) is 2.75. The molecule has 1 aromatic rings. The van der Waals surface area contributed by atoms with Crippen molar-refractivity contribution in [3.63, 3.8) is 0 Å². The van der Waals surface area contributed by atoms with E-state index in [-0.39, 0.29) is 30.1 Å². The number of nitrogens with zero attached hydrogens (tertiary/aromatic N) is 2. The molecule has 1 heterocycles. The van der Waals surface area contributed by atoms with Gasteiger partial charge in [-0.05, 0) is 18.1 Å². The smallest absolute Gasteiger partial charge is 0.238 e. The Bertz CT molecular complexity index is 532. The van der Waals surface area contributed by atoms with E-state index < -0.39 is 0 Å². The number of carbonyl (C=O) groups is 2. The zero-order chi connectivity index (χ0) is 15.9. The van der Waals surface area contributed by atoms with Crippen LogP contribution in [0, 0.1) is 0 Å². The van der Waals surface area contributed by atoms with Crippen molar-refractivity contribution in [2.45, 2.75) is 13.3 Å². The minimum absolute atomic E-state index is 0. The molecule has 23 heavy (non-hydrogen) atoms. The number of hydrogen-bond acceptors (Lipinski definition) is 3. The number of carbonyl (C=O) groups excluding carboxylic acids is 2. The minimum Gasteiger partial charge on any atom is -1.00 e. The predicted octanol–water partition coefficient (Wildman–Crippen LogP) is -1.43. The molecule has 128 valence electrons. The second-order valence-corrected chi connectivity index (χ2v) is 5.62. The van der Waals surface area contributed by atoms with Crippen LogP contribution in [0.4, 0.5) is 5.69 Å². The maximum atomic E-state index is 12.2. The van der Waals surface area contributed by atoms with Crippen LogP contribution in [0.1, 0.15) is 12.5 Å². The molecule has 0 aliphatic carbocycles. The fraction of sp³-hybridized carbons (Fsp3) is 0.500. The summed E-state index contributed by atoms with van der Waals surface area (Å²) in [6.45, 7) is 5.07. The minimum atomic E-state index is -0.0392. The van der Waals surface area contributed by atoms with E-state index in [9.17, 15) is 9.59 Å². The van der Waals surface area contributed by atoms with Crippen molar-refractivity contribution in [1.82, 2.24) is 9.80 Å². The molecule has 2 amide bonds. The molecule has 1 N–H and O–H groups in total. The lowest BCUT2D eigenvalue weighted by molar-refractivity contribution is -0.130. The third kappa shape index (κ3) is 5.68. The molecule has 1 saturated heterocycles. The zero-order valence-corrected chi connectivity index (χ0v) is 14.7. The van der Waals surface area contributed by atoms with Crippen LogP contribution >= 0.6 is 11.6 Å². The van der Waals surface area contributed by atoms with Gasteiger partial charge in [0.25, 0.3) is 0 Å². The molecule has 0 saturated carbocycles. The van der Waals surface area contributed by atoms with E-state index >= 15 is 0 Å². The van der Waals surface area contributed by atoms with Crippen LogP contribution < -0.4 is 17.7 Å². The third-order valence-corrected chi connectivity index (χ3v) is 4.11. The van der Waals surface area contributed by atoms with Crippen LogP contribution in [-0.4, -0.2) is 60.2 Å². The van der Waals surface area contributed by atoms with Gasteiger partial charge in [0.2, 0.25) is 11.8 Å². The van der Waals surface area contributed by atoms with E-state index in [4.69, 9.17) is 11.6 Å². The van der Waals surface area contributed by atoms with Crippen molar-refractivity contribution in [3.8, 4) is 0 Å². The van der Waals surface area contributed by atoms with Crippen molar-refractivity contribution >= 4 is 29.1 Å². The Morgan fingerprint density at radius 1 is 1.17 bits per heavy atom. The predicted molar refractivity (Wildman–Crippen MR) is 88.2 cm³/mol. The normalized spacial score (nSPS) is 15.0. The molecule has 1 aromatic carbocycles. The van der Waals surface area contributed by atoms with E-state index in [1.165, 1.54) is 0 Å². The second kappa shape index (κ2) is 9.75. The van der Waals surface area contributed by atoms with Gasteiger partial charge in [0, 0.05) is 31.9 Å². The first-order valence-electron chi connectivity index (χ1n) is 7.58. The van der Waals surface area contributed by atoms with Gasteiger partial charge in [-0.15, -0.1) is 11.6 Å². The maximum Gasteiger partial charge on any atom is 0.238 e. The second-order valence-electron chi connectivity index (χ2n) is 5.35. The zero-order valence-electron chi connectivity index (χ0n) is 13.2. The summed E-state index contributed by atoms with van der Waals surface area (Å²) < 4.78 is 0. The quantitative estimate of drug-likeness (QED) is 0.657. The van der Waals surface area contributed by atoms with Crippen LogP contribution in [0.15, 0.2) is 24.3 Å². The van der Waals surface area contributed by atoms with Crippen LogP contribution in [-0.2, 0) is 16.0 Å². The SMILES string of the molecule is CCc1ccccc1NC(=O)CN1CCN(C(=O)CCl)CC1.[Cl-]. The molecule has 1 aliphatic heterocycles. The number of para-hydroxylation sites is 1.